The van der Waals surface area contributed by atoms with E-state index in [-0.39, 0.29) is 12.5 Å². The minimum Gasteiger partial charge on any atom is -0.485 e. The topological polar surface area (TPSA) is 80.5 Å². The number of nitrogens with zero attached hydrogens (tertiary/aromatic N) is 2. The number of aromatic nitrogens is 1. The van der Waals surface area contributed by atoms with Crippen LogP contribution in [0.4, 0.5) is 17.1 Å². The van der Waals surface area contributed by atoms with E-state index in [0.717, 1.165) is 11.3 Å². The number of rotatable bonds is 6. The third-order valence-electron chi connectivity index (χ3n) is 4.11. The van der Waals surface area contributed by atoms with Crippen molar-refractivity contribution in [2.24, 2.45) is 0 Å². The van der Waals surface area contributed by atoms with Crippen LogP contribution in [0.15, 0.2) is 67.0 Å². The zero-order chi connectivity index (χ0) is 19.2. The van der Waals surface area contributed by atoms with E-state index >= 15 is 0 Å². The first-order chi connectivity index (χ1) is 13.0. The SMILES string of the molecule is CN(C)c1ccc(C(=O)Nc2ccccc2COc2cnccc2N)cc1. The third kappa shape index (κ3) is 4.55. The van der Waals surface area contributed by atoms with Crippen LogP contribution in [0, 0.1) is 0 Å². The second-order valence-electron chi connectivity index (χ2n) is 6.25. The standard InChI is InChI=1S/C21H22N4O2/c1-25(2)17-9-7-15(8-10-17)21(26)24-19-6-4-3-5-16(19)14-27-20-13-23-12-11-18(20)22/h3-13H,14H2,1-2H3,(H2,22,23)(H,24,26). The first kappa shape index (κ1) is 18.3. The van der Waals surface area contributed by atoms with Gasteiger partial charge in [-0.15, -0.1) is 0 Å². The number of nitrogens with one attached hydrogen (secondary N) is 1. The summed E-state index contributed by atoms with van der Waals surface area (Å²) in [5, 5.41) is 2.95. The van der Waals surface area contributed by atoms with E-state index in [1.165, 1.54) is 0 Å². The Balaban J connectivity index is 1.71. The molecule has 6 nitrogen and oxygen atoms in total. The molecule has 0 radical (unpaired) electrons. The normalized spacial score (nSPS) is 10.3. The third-order valence-corrected chi connectivity index (χ3v) is 4.11. The zero-order valence-electron chi connectivity index (χ0n) is 15.3. The van der Waals surface area contributed by atoms with Crippen molar-refractivity contribution in [2.45, 2.75) is 6.61 Å². The Bertz CT molecular complexity index is 923. The molecule has 3 rings (SSSR count). The number of nitrogens with two attached hydrogens (primary N) is 1. The van der Waals surface area contributed by atoms with Crippen LogP contribution in [-0.4, -0.2) is 25.0 Å². The first-order valence-corrected chi connectivity index (χ1v) is 8.53. The fourth-order valence-corrected chi connectivity index (χ4v) is 2.54. The van der Waals surface area contributed by atoms with E-state index in [4.69, 9.17) is 10.5 Å². The average Bonchev–Trinajstić information content (AvgIpc) is 2.68. The predicted molar refractivity (Wildman–Crippen MR) is 108 cm³/mol. The minimum atomic E-state index is -0.173. The quantitative estimate of drug-likeness (QED) is 0.701. The summed E-state index contributed by atoms with van der Waals surface area (Å²) < 4.78 is 5.75. The number of para-hydroxylation sites is 1. The molecule has 0 aliphatic carbocycles. The van der Waals surface area contributed by atoms with Crippen molar-refractivity contribution in [3.63, 3.8) is 0 Å². The summed E-state index contributed by atoms with van der Waals surface area (Å²) in [6.45, 7) is 0.270. The second-order valence-corrected chi connectivity index (χ2v) is 6.25. The fourth-order valence-electron chi connectivity index (χ4n) is 2.54. The highest BCUT2D eigenvalue weighted by Crippen LogP contribution is 2.23. The Kier molecular flexibility index (Phi) is 5.56. The molecule has 1 amide bonds. The molecule has 0 bridgehead atoms. The number of hydrogen-bond acceptors (Lipinski definition) is 5. The molecule has 0 atom stereocenters. The van der Waals surface area contributed by atoms with Crippen LogP contribution in [0.3, 0.4) is 0 Å². The van der Waals surface area contributed by atoms with Gasteiger partial charge in [0.25, 0.3) is 5.91 Å². The number of anilines is 3. The van der Waals surface area contributed by atoms with Crippen LogP contribution in [0.5, 0.6) is 5.75 Å². The highest BCUT2D eigenvalue weighted by atomic mass is 16.5. The molecule has 2 aromatic carbocycles. The van der Waals surface area contributed by atoms with Crippen molar-refractivity contribution in [1.29, 1.82) is 0 Å². The summed E-state index contributed by atoms with van der Waals surface area (Å²) in [5.74, 6) is 0.339. The maximum Gasteiger partial charge on any atom is 0.255 e. The molecular formula is C21H22N4O2. The molecular weight excluding hydrogens is 340 g/mol. The monoisotopic (exact) mass is 362 g/mol. The van der Waals surface area contributed by atoms with Crippen molar-refractivity contribution in [3.05, 3.63) is 78.1 Å². The highest BCUT2D eigenvalue weighted by molar-refractivity contribution is 6.04. The van der Waals surface area contributed by atoms with Gasteiger partial charge in [0.15, 0.2) is 5.75 Å². The zero-order valence-corrected chi connectivity index (χ0v) is 15.3. The van der Waals surface area contributed by atoms with Gasteiger partial charge < -0.3 is 20.7 Å². The van der Waals surface area contributed by atoms with Gasteiger partial charge in [-0.1, -0.05) is 18.2 Å². The van der Waals surface area contributed by atoms with Crippen LogP contribution in [0.2, 0.25) is 0 Å². The van der Waals surface area contributed by atoms with Gasteiger partial charge >= 0.3 is 0 Å². The predicted octanol–water partition coefficient (Wildman–Crippen LogP) is 3.56. The van der Waals surface area contributed by atoms with Gasteiger partial charge in [0.2, 0.25) is 0 Å². The van der Waals surface area contributed by atoms with E-state index in [9.17, 15) is 4.79 Å². The van der Waals surface area contributed by atoms with Crippen molar-refractivity contribution in [3.8, 4) is 5.75 Å². The molecule has 0 spiro atoms. The van der Waals surface area contributed by atoms with Gasteiger partial charge in [0.05, 0.1) is 11.9 Å². The Hall–Kier alpha value is -3.54. The number of pyridine rings is 1. The fraction of sp³-hybridized carbons (Fsp3) is 0.143. The van der Waals surface area contributed by atoms with Crippen LogP contribution < -0.4 is 20.7 Å². The Morgan fingerprint density at radius 1 is 1.11 bits per heavy atom. The van der Waals surface area contributed by atoms with E-state index in [2.05, 4.69) is 10.3 Å². The molecule has 0 aliphatic heterocycles. The smallest absolute Gasteiger partial charge is 0.255 e. The lowest BCUT2D eigenvalue weighted by atomic mass is 10.1. The Morgan fingerprint density at radius 2 is 1.85 bits per heavy atom. The van der Waals surface area contributed by atoms with E-state index in [0.29, 0.717) is 22.7 Å². The highest BCUT2D eigenvalue weighted by Gasteiger charge is 2.10. The molecule has 3 N–H and O–H groups in total. The van der Waals surface area contributed by atoms with Crippen molar-refractivity contribution < 1.29 is 9.53 Å². The van der Waals surface area contributed by atoms with E-state index < -0.39 is 0 Å². The Labute approximate surface area is 158 Å². The number of nitrogen functional groups attached to an aromatic ring is 1. The van der Waals surface area contributed by atoms with Gasteiger partial charge in [-0.2, -0.15) is 0 Å². The number of ether oxygens (including phenoxy) is 1. The van der Waals surface area contributed by atoms with Gasteiger partial charge in [-0.05, 0) is 36.4 Å². The molecule has 27 heavy (non-hydrogen) atoms. The van der Waals surface area contributed by atoms with E-state index in [1.807, 2.05) is 55.4 Å². The minimum absolute atomic E-state index is 0.173. The molecule has 6 heteroatoms. The number of carbonyl (C=O) groups is 1. The number of amides is 1. The summed E-state index contributed by atoms with van der Waals surface area (Å²) in [6, 6.07) is 16.6. The number of carbonyl (C=O) groups excluding carboxylic acids is 1. The van der Waals surface area contributed by atoms with Gasteiger partial charge in [-0.25, -0.2) is 0 Å². The summed E-state index contributed by atoms with van der Waals surface area (Å²) in [7, 11) is 3.92. The number of benzene rings is 2. The average molecular weight is 362 g/mol. The molecule has 3 aromatic rings. The second kappa shape index (κ2) is 8.23. The van der Waals surface area contributed by atoms with Crippen LogP contribution in [0.25, 0.3) is 0 Å². The molecule has 138 valence electrons. The van der Waals surface area contributed by atoms with Crippen LogP contribution in [0.1, 0.15) is 15.9 Å². The maximum absolute atomic E-state index is 12.6. The summed E-state index contributed by atoms with van der Waals surface area (Å²) in [6.07, 6.45) is 3.18. The first-order valence-electron chi connectivity index (χ1n) is 8.53. The van der Waals surface area contributed by atoms with Gasteiger partial charge in [0.1, 0.15) is 6.61 Å². The maximum atomic E-state index is 12.6. The Morgan fingerprint density at radius 3 is 2.56 bits per heavy atom. The number of hydrogen-bond donors (Lipinski definition) is 2. The molecule has 0 unspecified atom stereocenters. The van der Waals surface area contributed by atoms with Crippen molar-refractivity contribution in [2.75, 3.05) is 30.0 Å². The molecule has 1 aromatic heterocycles. The molecule has 0 saturated heterocycles. The lowest BCUT2D eigenvalue weighted by molar-refractivity contribution is 0.102. The molecule has 0 saturated carbocycles. The van der Waals surface area contributed by atoms with Crippen molar-refractivity contribution >= 4 is 23.0 Å². The molecule has 0 fully saturated rings. The van der Waals surface area contributed by atoms with Crippen LogP contribution in [-0.2, 0) is 6.61 Å². The lowest BCUT2D eigenvalue weighted by Gasteiger charge is -2.14. The molecule has 1 heterocycles. The van der Waals surface area contributed by atoms with Gasteiger partial charge in [0, 0.05) is 42.8 Å². The lowest BCUT2D eigenvalue weighted by Crippen LogP contribution is -2.14. The van der Waals surface area contributed by atoms with E-state index in [1.54, 1.807) is 30.6 Å². The summed E-state index contributed by atoms with van der Waals surface area (Å²) in [4.78, 5) is 18.6. The summed E-state index contributed by atoms with van der Waals surface area (Å²) in [5.41, 5.74) is 9.56. The largest absolute Gasteiger partial charge is 0.485 e. The summed E-state index contributed by atoms with van der Waals surface area (Å²) >= 11 is 0. The van der Waals surface area contributed by atoms with Crippen molar-refractivity contribution in [1.82, 2.24) is 4.98 Å². The van der Waals surface area contributed by atoms with Gasteiger partial charge in [-0.3, -0.25) is 9.78 Å². The molecule has 0 aliphatic rings. The van der Waals surface area contributed by atoms with Crippen LogP contribution >= 0.6 is 0 Å².